The summed E-state index contributed by atoms with van der Waals surface area (Å²) < 4.78 is 0. The van der Waals surface area contributed by atoms with Gasteiger partial charge in [0.2, 0.25) is 0 Å². The van der Waals surface area contributed by atoms with Gasteiger partial charge in [-0.25, -0.2) is 4.99 Å². The van der Waals surface area contributed by atoms with E-state index in [1.165, 1.54) is 11.3 Å². The molecule has 5 rings (SSSR count). The Hall–Kier alpha value is -3.10. The largest absolute Gasteiger partial charge is 0.348 e. The van der Waals surface area contributed by atoms with Crippen LogP contribution in [0.4, 0.5) is 5.69 Å². The van der Waals surface area contributed by atoms with E-state index in [1.54, 1.807) is 0 Å². The minimum absolute atomic E-state index is 0.0588. The molecule has 1 saturated heterocycles. The van der Waals surface area contributed by atoms with Gasteiger partial charge in [-0.1, -0.05) is 53.7 Å². The number of nitrogens with one attached hydrogen (secondary N) is 2. The first-order valence-electron chi connectivity index (χ1n) is 16.8. The molecule has 2 aromatic rings. The molecule has 1 aromatic carbocycles. The minimum atomic E-state index is -0.249. The molecule has 8 heteroatoms. The number of carbonyl (C=O) groups is 2. The van der Waals surface area contributed by atoms with Gasteiger partial charge in [-0.2, -0.15) is 0 Å². The highest BCUT2D eigenvalue weighted by Gasteiger charge is 2.32. The van der Waals surface area contributed by atoms with E-state index in [4.69, 9.17) is 9.98 Å². The predicted molar refractivity (Wildman–Crippen MR) is 182 cm³/mol. The van der Waals surface area contributed by atoms with Gasteiger partial charge in [-0.15, -0.1) is 0 Å². The molecule has 0 saturated carbocycles. The zero-order valence-electron chi connectivity index (χ0n) is 28.8. The summed E-state index contributed by atoms with van der Waals surface area (Å²) in [5.41, 5.74) is 6.75. The number of aliphatic imine (C=N–C) groups is 1. The number of hydrogen-bond acceptors (Lipinski definition) is 6. The number of carbonyl (C=O) groups excluding carboxylic acids is 2. The van der Waals surface area contributed by atoms with Crippen molar-refractivity contribution in [3.63, 3.8) is 0 Å². The number of likely N-dealkylation sites (tertiary alicyclic amines) is 1. The van der Waals surface area contributed by atoms with Gasteiger partial charge in [-0.3, -0.25) is 14.6 Å². The van der Waals surface area contributed by atoms with Crippen LogP contribution in [0.5, 0.6) is 0 Å². The van der Waals surface area contributed by atoms with Crippen LogP contribution >= 0.6 is 0 Å². The third-order valence-electron chi connectivity index (χ3n) is 9.55. The number of hydrogen-bond donors (Lipinski definition) is 2. The van der Waals surface area contributed by atoms with Gasteiger partial charge < -0.3 is 20.4 Å². The molecule has 1 aromatic heterocycles. The Labute approximate surface area is 270 Å². The highest BCUT2D eigenvalue weighted by molar-refractivity contribution is 6.40. The van der Waals surface area contributed by atoms with E-state index in [0.717, 1.165) is 75.2 Å². The Kier molecular flexibility index (Phi) is 9.85. The average Bonchev–Trinajstić information content (AvgIpc) is 3.58. The van der Waals surface area contributed by atoms with E-state index < -0.39 is 0 Å². The Balaban J connectivity index is 1.26. The van der Waals surface area contributed by atoms with E-state index in [2.05, 4.69) is 68.0 Å². The minimum Gasteiger partial charge on any atom is -0.348 e. The van der Waals surface area contributed by atoms with Crippen molar-refractivity contribution in [2.45, 2.75) is 92.2 Å². The van der Waals surface area contributed by atoms with Crippen LogP contribution in [0.1, 0.15) is 99.7 Å². The standard InChI is InChI=1S/C37H54N6O2/c1-36(2,3)23-43-17-14-28(22-43)38-34(44)25-11-9-10-24(18-25)30(15-16-42(7)8)41-35(45)33-21-32-31(40-33)20-26-19-27(37(4,5)6)12-13-29(26)39-32/h9-11,18,20,27-28,30H,12-17,19,21-23H2,1-8H3,(H,38,44)(H,41,45)/t27-,28?,30+/m0/s1. The summed E-state index contributed by atoms with van der Waals surface area (Å²) in [5, 5.41) is 6.52. The topological polar surface area (TPSA) is 89.9 Å². The summed E-state index contributed by atoms with van der Waals surface area (Å²) in [6, 6.07) is 9.79. The van der Waals surface area contributed by atoms with E-state index in [1.807, 2.05) is 38.4 Å². The summed E-state index contributed by atoms with van der Waals surface area (Å²) >= 11 is 0. The number of fused-ring (bicyclic) bond motifs is 2. The van der Waals surface area contributed by atoms with Gasteiger partial charge in [0.15, 0.2) is 0 Å². The Bertz CT molecular complexity index is 1430. The number of rotatable bonds is 9. The predicted octanol–water partition coefficient (Wildman–Crippen LogP) is 5.52. The van der Waals surface area contributed by atoms with E-state index in [0.29, 0.717) is 23.6 Å². The Morgan fingerprint density at radius 1 is 1.04 bits per heavy atom. The molecule has 0 radical (unpaired) electrons. The summed E-state index contributed by atoms with van der Waals surface area (Å²) in [4.78, 5) is 41.3. The fourth-order valence-corrected chi connectivity index (χ4v) is 7.02. The van der Waals surface area contributed by atoms with Crippen molar-refractivity contribution >= 4 is 23.2 Å². The van der Waals surface area contributed by atoms with Gasteiger partial charge in [0.25, 0.3) is 11.8 Å². The van der Waals surface area contributed by atoms with Gasteiger partial charge in [0.1, 0.15) is 5.71 Å². The van der Waals surface area contributed by atoms with Crippen LogP contribution in [0.3, 0.4) is 0 Å². The average molecular weight is 615 g/mol. The van der Waals surface area contributed by atoms with Gasteiger partial charge in [0, 0.05) is 43.4 Å². The molecule has 2 N–H and O–H groups in total. The summed E-state index contributed by atoms with van der Waals surface area (Å²) in [7, 11) is 4.06. The number of aryl methyl sites for hydroxylation is 1. The van der Waals surface area contributed by atoms with E-state index >= 15 is 0 Å². The van der Waals surface area contributed by atoms with Crippen molar-refractivity contribution in [2.75, 3.05) is 40.3 Å². The number of benzene rings is 1. The molecule has 0 bridgehead atoms. The monoisotopic (exact) mass is 614 g/mol. The number of pyridine rings is 1. The van der Waals surface area contributed by atoms with Crippen LogP contribution in [-0.4, -0.2) is 78.6 Å². The van der Waals surface area contributed by atoms with E-state index in [-0.39, 0.29) is 34.7 Å². The summed E-state index contributed by atoms with van der Waals surface area (Å²) in [5.74, 6) is 0.396. The highest BCUT2D eigenvalue weighted by Crippen LogP contribution is 2.39. The molecule has 45 heavy (non-hydrogen) atoms. The smallest absolute Gasteiger partial charge is 0.266 e. The van der Waals surface area contributed by atoms with Gasteiger partial charge in [-0.05, 0) is 98.8 Å². The van der Waals surface area contributed by atoms with Crippen LogP contribution in [0, 0.1) is 16.7 Å². The number of amides is 2. The maximum absolute atomic E-state index is 13.7. The van der Waals surface area contributed by atoms with Crippen LogP contribution < -0.4 is 10.6 Å². The zero-order valence-corrected chi connectivity index (χ0v) is 28.8. The first-order valence-corrected chi connectivity index (χ1v) is 16.8. The third-order valence-corrected chi connectivity index (χ3v) is 9.55. The second-order valence-corrected chi connectivity index (χ2v) is 16.1. The third kappa shape index (κ3) is 8.59. The zero-order chi connectivity index (χ0) is 32.5. The molecule has 0 spiro atoms. The molecule has 3 atom stereocenters. The fourth-order valence-electron chi connectivity index (χ4n) is 7.02. The molecule has 1 aliphatic carbocycles. The molecule has 3 aliphatic rings. The fraction of sp³-hybridized carbons (Fsp3) is 0.622. The van der Waals surface area contributed by atoms with Crippen LogP contribution in [-0.2, 0) is 24.1 Å². The van der Waals surface area contributed by atoms with Crippen molar-refractivity contribution in [1.82, 2.24) is 25.4 Å². The second-order valence-electron chi connectivity index (χ2n) is 16.1. The lowest BCUT2D eigenvalue weighted by molar-refractivity contribution is -0.115. The molecule has 244 valence electrons. The quantitative estimate of drug-likeness (QED) is 0.388. The lowest BCUT2D eigenvalue weighted by Crippen LogP contribution is -2.39. The first kappa shape index (κ1) is 33.3. The highest BCUT2D eigenvalue weighted by atomic mass is 16.2. The molecule has 2 amide bonds. The van der Waals surface area contributed by atoms with Crippen molar-refractivity contribution in [2.24, 2.45) is 21.7 Å². The Morgan fingerprint density at radius 3 is 2.53 bits per heavy atom. The van der Waals surface area contributed by atoms with Crippen LogP contribution in [0.15, 0.2) is 35.3 Å². The van der Waals surface area contributed by atoms with Crippen LogP contribution in [0.25, 0.3) is 0 Å². The number of nitrogens with zero attached hydrogens (tertiary/aromatic N) is 4. The lowest BCUT2D eigenvalue weighted by atomic mass is 9.71. The lowest BCUT2D eigenvalue weighted by Gasteiger charge is -2.34. The maximum Gasteiger partial charge on any atom is 0.266 e. The molecule has 3 heterocycles. The van der Waals surface area contributed by atoms with E-state index in [9.17, 15) is 9.59 Å². The van der Waals surface area contributed by atoms with Crippen molar-refractivity contribution < 1.29 is 9.59 Å². The second kappa shape index (κ2) is 13.3. The van der Waals surface area contributed by atoms with Crippen molar-refractivity contribution in [3.8, 4) is 0 Å². The first-order chi connectivity index (χ1) is 21.1. The molecule has 1 fully saturated rings. The maximum atomic E-state index is 13.7. The summed E-state index contributed by atoms with van der Waals surface area (Å²) in [6.45, 7) is 17.4. The molecule has 8 nitrogen and oxygen atoms in total. The SMILES string of the molecule is CN(C)CC[C@@H](NC(=O)C1=Nc2cc3c(nc2C1)CC[C@H](C(C)(C)C)C3)c1cccc(C(=O)NC2CCN(CC(C)(C)C)C2)c1. The number of aromatic nitrogens is 1. The molecule has 1 unspecified atom stereocenters. The normalized spacial score (nSPS) is 20.9. The van der Waals surface area contributed by atoms with Gasteiger partial charge >= 0.3 is 0 Å². The van der Waals surface area contributed by atoms with Crippen molar-refractivity contribution in [3.05, 3.63) is 58.4 Å². The summed E-state index contributed by atoms with van der Waals surface area (Å²) in [6.07, 6.45) is 5.28. The van der Waals surface area contributed by atoms with Gasteiger partial charge in [0.05, 0.1) is 17.4 Å². The molecular weight excluding hydrogens is 560 g/mol. The molecular formula is C37H54N6O2. The van der Waals surface area contributed by atoms with Crippen LogP contribution in [0.2, 0.25) is 0 Å². The van der Waals surface area contributed by atoms with Crippen molar-refractivity contribution in [1.29, 1.82) is 0 Å². The Morgan fingerprint density at radius 2 is 1.82 bits per heavy atom. The molecule has 2 aliphatic heterocycles.